The van der Waals surface area contributed by atoms with Gasteiger partial charge in [-0.3, -0.25) is 0 Å². The first-order valence-electron chi connectivity index (χ1n) is 7.16. The Balaban J connectivity index is 2.22. The Bertz CT molecular complexity index is 1130. The summed E-state index contributed by atoms with van der Waals surface area (Å²) in [6.45, 7) is 0. The molecule has 142 valence electrons. The van der Waals surface area contributed by atoms with Crippen LogP contribution >= 0.6 is 0 Å². The van der Waals surface area contributed by atoms with E-state index >= 15 is 0 Å². The van der Waals surface area contributed by atoms with Gasteiger partial charge in [0.25, 0.3) is 0 Å². The highest BCUT2D eigenvalue weighted by Gasteiger charge is 2.58. The molecule has 0 saturated carbocycles. The second kappa shape index (κ2) is 6.31. The average Bonchev–Trinajstić information content (AvgIpc) is 2.75. The zero-order chi connectivity index (χ0) is 20.1. The number of benzene rings is 2. The van der Waals surface area contributed by atoms with Crippen molar-refractivity contribution in [3.63, 3.8) is 0 Å². The topological polar surface area (TPSA) is 84.2 Å². The molecule has 0 radical (unpaired) electrons. The largest absolute Gasteiger partial charge is 0.457 e. The second-order valence-corrected chi connectivity index (χ2v) is 9.13. The van der Waals surface area contributed by atoms with Gasteiger partial charge in [0.05, 0.1) is 27.0 Å². The van der Waals surface area contributed by atoms with Crippen LogP contribution in [0.3, 0.4) is 0 Å². The van der Waals surface area contributed by atoms with Gasteiger partial charge in [-0.15, -0.1) is 0 Å². The first-order chi connectivity index (χ1) is 12.5. The molecule has 0 bridgehead atoms. The van der Waals surface area contributed by atoms with Crippen molar-refractivity contribution in [2.45, 2.75) is 21.2 Å². The number of ether oxygens (including phenoxy) is 1. The molecule has 0 spiro atoms. The maximum Gasteiger partial charge on any atom is 0.360 e. The van der Waals surface area contributed by atoms with Gasteiger partial charge in [0.2, 0.25) is 6.17 Å². The molecule has 0 aromatic heterocycles. The predicted molar refractivity (Wildman–Crippen MR) is 85.9 cm³/mol. The molecule has 1 unspecified atom stereocenters. The molecule has 0 aliphatic carbocycles. The zero-order valence-electron chi connectivity index (χ0n) is 13.4. The van der Waals surface area contributed by atoms with Crippen molar-refractivity contribution in [2.24, 2.45) is 0 Å². The third-order valence-electron chi connectivity index (χ3n) is 3.73. The number of rotatable bonds is 3. The third-order valence-corrected chi connectivity index (χ3v) is 6.51. The summed E-state index contributed by atoms with van der Waals surface area (Å²) in [5.41, 5.74) is -1.02. The van der Waals surface area contributed by atoms with E-state index in [1.807, 2.05) is 0 Å². The van der Waals surface area contributed by atoms with Gasteiger partial charge in [0.1, 0.15) is 28.1 Å². The summed E-state index contributed by atoms with van der Waals surface area (Å²) in [6.07, 6.45) is -2.38. The van der Waals surface area contributed by atoms with Crippen LogP contribution in [0.15, 0.2) is 40.1 Å². The molecule has 1 aliphatic heterocycles. The van der Waals surface area contributed by atoms with Gasteiger partial charge in [0.15, 0.2) is 9.84 Å². The van der Waals surface area contributed by atoms with Crippen molar-refractivity contribution in [2.75, 3.05) is 6.26 Å². The van der Waals surface area contributed by atoms with Crippen molar-refractivity contribution in [3.05, 3.63) is 47.3 Å². The molecule has 5 nitrogen and oxygen atoms in total. The number of nitriles is 1. The van der Waals surface area contributed by atoms with Crippen LogP contribution in [-0.2, 0) is 20.6 Å². The first-order valence-corrected chi connectivity index (χ1v) is 10.2. The van der Waals surface area contributed by atoms with Gasteiger partial charge in [0, 0.05) is 12.3 Å². The summed E-state index contributed by atoms with van der Waals surface area (Å²) in [4.78, 5) is -1.59. The maximum absolute atomic E-state index is 14.4. The molecule has 0 N–H and O–H groups in total. The van der Waals surface area contributed by atoms with E-state index in [2.05, 4.69) is 0 Å². The molecule has 0 fully saturated rings. The summed E-state index contributed by atoms with van der Waals surface area (Å²) in [5.74, 6) is -1.71. The lowest BCUT2D eigenvalue weighted by molar-refractivity contribution is 0.0135. The number of hydrogen-bond donors (Lipinski definition) is 0. The Hall–Kier alpha value is -2.45. The van der Waals surface area contributed by atoms with E-state index < -0.39 is 59.0 Å². The molecule has 0 amide bonds. The van der Waals surface area contributed by atoms with E-state index in [1.165, 1.54) is 0 Å². The summed E-state index contributed by atoms with van der Waals surface area (Å²) in [6, 6.07) is 6.24. The smallest absolute Gasteiger partial charge is 0.360 e. The lowest BCUT2D eigenvalue weighted by Crippen LogP contribution is -2.22. The minimum absolute atomic E-state index is 0.139. The van der Waals surface area contributed by atoms with E-state index in [4.69, 9.17) is 10.00 Å². The standard InChI is InChI=1S/C16H9F4NO4S2/c1-27(23,24)12-3-2-11(13-14(12)26(22)16(19,20)15(13)18)25-10-5-8(7-21)4-9(17)6-10/h2-6,15H,1H3/t15-,26?/m1/s1. The van der Waals surface area contributed by atoms with E-state index in [1.54, 1.807) is 6.07 Å². The molecular formula is C16H9F4NO4S2. The van der Waals surface area contributed by atoms with Gasteiger partial charge in [-0.1, -0.05) is 0 Å². The summed E-state index contributed by atoms with van der Waals surface area (Å²) < 4.78 is 96.7. The van der Waals surface area contributed by atoms with Crippen LogP contribution in [0.4, 0.5) is 17.6 Å². The Labute approximate surface area is 153 Å². The number of halogens is 4. The molecule has 1 aliphatic rings. The number of hydrogen-bond acceptors (Lipinski definition) is 5. The van der Waals surface area contributed by atoms with E-state index in [9.17, 15) is 30.2 Å². The van der Waals surface area contributed by atoms with E-state index in [0.717, 1.165) is 30.3 Å². The van der Waals surface area contributed by atoms with Crippen LogP contribution in [0, 0.1) is 17.1 Å². The van der Waals surface area contributed by atoms with Gasteiger partial charge in [-0.05, 0) is 24.3 Å². The minimum Gasteiger partial charge on any atom is -0.457 e. The second-order valence-electron chi connectivity index (χ2n) is 5.66. The number of alkyl halides is 3. The highest BCUT2D eigenvalue weighted by molar-refractivity contribution is 7.92. The van der Waals surface area contributed by atoms with Crippen molar-refractivity contribution >= 4 is 20.6 Å². The molecule has 2 atom stereocenters. The zero-order valence-corrected chi connectivity index (χ0v) is 15.0. The van der Waals surface area contributed by atoms with Crippen LogP contribution in [0.25, 0.3) is 0 Å². The predicted octanol–water partition coefficient (Wildman–Crippen LogP) is 3.62. The van der Waals surface area contributed by atoms with Gasteiger partial charge < -0.3 is 4.74 Å². The lowest BCUT2D eigenvalue weighted by Gasteiger charge is -2.14. The molecular weight excluding hydrogens is 410 g/mol. The van der Waals surface area contributed by atoms with E-state index in [-0.39, 0.29) is 11.3 Å². The monoisotopic (exact) mass is 419 g/mol. The Morgan fingerprint density at radius 3 is 2.52 bits per heavy atom. The van der Waals surface area contributed by atoms with Crippen LogP contribution in [0.1, 0.15) is 17.3 Å². The fourth-order valence-electron chi connectivity index (χ4n) is 2.58. The molecule has 27 heavy (non-hydrogen) atoms. The lowest BCUT2D eigenvalue weighted by atomic mass is 10.1. The molecule has 2 aromatic carbocycles. The first kappa shape index (κ1) is 19.3. The number of fused-ring (bicyclic) bond motifs is 1. The Kier molecular flexibility index (Phi) is 4.52. The Morgan fingerprint density at radius 1 is 1.26 bits per heavy atom. The molecule has 0 saturated heterocycles. The Morgan fingerprint density at radius 2 is 1.93 bits per heavy atom. The van der Waals surface area contributed by atoms with Crippen LogP contribution < -0.4 is 4.74 Å². The SMILES string of the molecule is CS(=O)(=O)c1ccc(Oc2cc(F)cc(C#N)c2)c2c1S(=O)C(F)(F)[C@@H]2F. The fourth-order valence-corrected chi connectivity index (χ4v) is 5.26. The molecule has 2 aromatic rings. The summed E-state index contributed by atoms with van der Waals surface area (Å²) >= 11 is 0. The van der Waals surface area contributed by atoms with Crippen molar-refractivity contribution in [3.8, 4) is 17.6 Å². The van der Waals surface area contributed by atoms with Crippen LogP contribution in [0.5, 0.6) is 11.5 Å². The quantitative estimate of drug-likeness (QED) is 0.710. The normalized spacial score (nSPS) is 20.7. The van der Waals surface area contributed by atoms with Crippen LogP contribution in [0.2, 0.25) is 0 Å². The van der Waals surface area contributed by atoms with Crippen molar-refractivity contribution in [1.82, 2.24) is 0 Å². The average molecular weight is 419 g/mol. The van der Waals surface area contributed by atoms with Crippen LogP contribution in [-0.4, -0.2) is 24.1 Å². The third kappa shape index (κ3) is 3.19. The van der Waals surface area contributed by atoms with Gasteiger partial charge in [-0.25, -0.2) is 21.4 Å². The van der Waals surface area contributed by atoms with Crippen molar-refractivity contribution < 1.29 is 34.9 Å². The molecule has 1 heterocycles. The number of sulfone groups is 1. The molecule has 11 heteroatoms. The highest BCUT2D eigenvalue weighted by atomic mass is 32.2. The minimum atomic E-state index is -4.36. The molecule has 3 rings (SSSR count). The number of nitrogens with zero attached hydrogens (tertiary/aromatic N) is 1. The highest BCUT2D eigenvalue weighted by Crippen LogP contribution is 2.54. The fraction of sp³-hybridized carbons (Fsp3) is 0.188. The maximum atomic E-state index is 14.4. The summed E-state index contributed by atoms with van der Waals surface area (Å²) in [7, 11) is -7.36. The van der Waals surface area contributed by atoms with Gasteiger partial charge in [-0.2, -0.15) is 14.0 Å². The van der Waals surface area contributed by atoms with Crippen molar-refractivity contribution in [1.29, 1.82) is 5.26 Å². The van der Waals surface area contributed by atoms with E-state index in [0.29, 0.717) is 6.26 Å². The summed E-state index contributed by atoms with van der Waals surface area (Å²) in [5, 5.41) is 4.48. The van der Waals surface area contributed by atoms with Gasteiger partial charge >= 0.3 is 5.25 Å².